The van der Waals surface area contributed by atoms with Crippen LogP contribution in [0.4, 0.5) is 0 Å². The van der Waals surface area contributed by atoms with E-state index in [1.165, 1.54) is 64.2 Å². The largest absolute Gasteiger partial charge is 0.409 e. The van der Waals surface area contributed by atoms with Crippen molar-refractivity contribution in [1.29, 1.82) is 0 Å². The lowest BCUT2D eigenvalue weighted by Crippen LogP contribution is -2.46. The third kappa shape index (κ3) is 4.37. The van der Waals surface area contributed by atoms with Gasteiger partial charge in [0.1, 0.15) is 5.84 Å². The van der Waals surface area contributed by atoms with Crippen LogP contribution in [0.25, 0.3) is 0 Å². The number of nitrogens with zero attached hydrogens (tertiary/aromatic N) is 2. The van der Waals surface area contributed by atoms with E-state index >= 15 is 0 Å². The van der Waals surface area contributed by atoms with Gasteiger partial charge in [-0.15, -0.1) is 0 Å². The molecule has 0 spiro atoms. The molecule has 0 unspecified atom stereocenters. The minimum absolute atomic E-state index is 0.372. The van der Waals surface area contributed by atoms with Crippen LogP contribution in [0.1, 0.15) is 70.6 Å². The van der Waals surface area contributed by atoms with Crippen molar-refractivity contribution in [3.63, 3.8) is 0 Å². The Balaban J connectivity index is 1.94. The van der Waals surface area contributed by atoms with Crippen LogP contribution in [0.5, 0.6) is 0 Å². The molecular formula is C15H29N3O. The molecule has 2 aliphatic rings. The first-order valence-corrected chi connectivity index (χ1v) is 8.03. The van der Waals surface area contributed by atoms with Gasteiger partial charge in [0.2, 0.25) is 0 Å². The van der Waals surface area contributed by atoms with Crippen LogP contribution in [0.3, 0.4) is 0 Å². The fourth-order valence-electron chi connectivity index (χ4n) is 3.78. The average Bonchev–Trinajstić information content (AvgIpc) is 2.49. The minimum Gasteiger partial charge on any atom is -0.409 e. The summed E-state index contributed by atoms with van der Waals surface area (Å²) in [6, 6.07) is 1.48. The lowest BCUT2D eigenvalue weighted by Gasteiger charge is -2.41. The molecule has 2 aliphatic carbocycles. The molecule has 0 atom stereocenters. The molecule has 110 valence electrons. The van der Waals surface area contributed by atoms with Crippen LogP contribution in [0, 0.1) is 0 Å². The zero-order valence-corrected chi connectivity index (χ0v) is 12.1. The molecule has 4 nitrogen and oxygen atoms in total. The molecule has 0 amide bonds. The monoisotopic (exact) mass is 267 g/mol. The second-order valence-corrected chi connectivity index (χ2v) is 6.16. The predicted octanol–water partition coefficient (Wildman–Crippen LogP) is 3.09. The average molecular weight is 267 g/mol. The van der Waals surface area contributed by atoms with Crippen molar-refractivity contribution in [3.05, 3.63) is 0 Å². The number of oxime groups is 1. The fraction of sp³-hybridized carbons (Fsp3) is 0.933. The van der Waals surface area contributed by atoms with Crippen molar-refractivity contribution in [3.8, 4) is 0 Å². The summed E-state index contributed by atoms with van der Waals surface area (Å²) in [6.45, 7) is 0.964. The molecule has 0 aromatic heterocycles. The highest BCUT2D eigenvalue weighted by Gasteiger charge is 2.28. The van der Waals surface area contributed by atoms with Crippen molar-refractivity contribution >= 4 is 5.84 Å². The molecule has 0 radical (unpaired) electrons. The molecule has 2 fully saturated rings. The van der Waals surface area contributed by atoms with E-state index in [0.29, 0.717) is 12.3 Å². The second-order valence-electron chi connectivity index (χ2n) is 6.16. The van der Waals surface area contributed by atoms with Crippen LogP contribution in [0.15, 0.2) is 5.16 Å². The normalized spacial score (nSPS) is 23.9. The van der Waals surface area contributed by atoms with Crippen molar-refractivity contribution in [1.82, 2.24) is 4.90 Å². The Bertz CT molecular complexity index is 263. The number of nitrogens with two attached hydrogens (primary N) is 1. The number of hydrogen-bond acceptors (Lipinski definition) is 3. The van der Waals surface area contributed by atoms with Gasteiger partial charge in [0.25, 0.3) is 0 Å². The predicted molar refractivity (Wildman–Crippen MR) is 78.5 cm³/mol. The van der Waals surface area contributed by atoms with Crippen molar-refractivity contribution in [2.24, 2.45) is 10.9 Å². The Morgan fingerprint density at radius 3 is 1.84 bits per heavy atom. The molecule has 19 heavy (non-hydrogen) atoms. The zero-order chi connectivity index (χ0) is 13.5. The van der Waals surface area contributed by atoms with E-state index in [2.05, 4.69) is 10.1 Å². The Hall–Kier alpha value is -0.770. The van der Waals surface area contributed by atoms with Gasteiger partial charge in [0, 0.05) is 25.0 Å². The van der Waals surface area contributed by atoms with Gasteiger partial charge in [-0.25, -0.2) is 0 Å². The molecule has 4 heteroatoms. The van der Waals surface area contributed by atoms with Crippen LogP contribution in [0.2, 0.25) is 0 Å². The maximum atomic E-state index is 8.71. The first-order chi connectivity index (χ1) is 9.31. The molecule has 0 heterocycles. The highest BCUT2D eigenvalue weighted by molar-refractivity contribution is 5.79. The quantitative estimate of drug-likeness (QED) is 0.348. The maximum absolute atomic E-state index is 8.71. The van der Waals surface area contributed by atoms with E-state index < -0.39 is 0 Å². The van der Waals surface area contributed by atoms with Crippen LogP contribution < -0.4 is 5.73 Å². The summed E-state index contributed by atoms with van der Waals surface area (Å²) in [7, 11) is 0. The summed E-state index contributed by atoms with van der Waals surface area (Å²) in [5.74, 6) is 0.372. The Morgan fingerprint density at radius 1 is 0.947 bits per heavy atom. The third-order valence-corrected chi connectivity index (χ3v) is 4.84. The smallest absolute Gasteiger partial charge is 0.140 e. The molecule has 0 aromatic rings. The highest BCUT2D eigenvalue weighted by atomic mass is 16.4. The van der Waals surface area contributed by atoms with Crippen LogP contribution >= 0.6 is 0 Å². The summed E-state index contributed by atoms with van der Waals surface area (Å²) in [6.07, 6.45) is 14.3. The molecule has 0 bridgehead atoms. The fourth-order valence-corrected chi connectivity index (χ4v) is 3.78. The molecule has 0 saturated heterocycles. The Labute approximate surface area is 117 Å². The zero-order valence-electron chi connectivity index (χ0n) is 12.1. The standard InChI is InChI=1S/C15H29N3O/c16-15(17-19)11-12-18(13-7-3-1-4-8-13)14-9-5-2-6-10-14/h13-14,19H,1-12H2,(H2,16,17). The number of rotatable bonds is 5. The molecule has 2 rings (SSSR count). The van der Waals surface area contributed by atoms with Gasteiger partial charge in [0.15, 0.2) is 0 Å². The highest BCUT2D eigenvalue weighted by Crippen LogP contribution is 2.30. The molecule has 0 aliphatic heterocycles. The van der Waals surface area contributed by atoms with Crippen molar-refractivity contribution in [2.45, 2.75) is 82.7 Å². The van der Waals surface area contributed by atoms with Crippen LogP contribution in [-0.4, -0.2) is 34.6 Å². The van der Waals surface area contributed by atoms with E-state index in [-0.39, 0.29) is 0 Å². The Kier molecular flexibility index (Phi) is 5.95. The van der Waals surface area contributed by atoms with Gasteiger partial charge in [-0.05, 0) is 25.7 Å². The van der Waals surface area contributed by atoms with Crippen LogP contribution in [-0.2, 0) is 0 Å². The minimum atomic E-state index is 0.372. The van der Waals surface area contributed by atoms with Gasteiger partial charge in [0.05, 0.1) is 0 Å². The van der Waals surface area contributed by atoms with Crippen molar-refractivity contribution < 1.29 is 5.21 Å². The lowest BCUT2D eigenvalue weighted by molar-refractivity contribution is 0.0836. The Morgan fingerprint density at radius 2 is 1.42 bits per heavy atom. The van der Waals surface area contributed by atoms with E-state index in [1.807, 2.05) is 0 Å². The summed E-state index contributed by atoms with van der Waals surface area (Å²) >= 11 is 0. The van der Waals surface area contributed by atoms with E-state index in [1.54, 1.807) is 0 Å². The topological polar surface area (TPSA) is 61.8 Å². The van der Waals surface area contributed by atoms with E-state index in [4.69, 9.17) is 10.9 Å². The SMILES string of the molecule is N/C(CCN(C1CCCCC1)C1CCCCC1)=N\O. The first-order valence-electron chi connectivity index (χ1n) is 8.03. The maximum Gasteiger partial charge on any atom is 0.140 e. The lowest BCUT2D eigenvalue weighted by atomic mass is 9.88. The van der Waals surface area contributed by atoms with Crippen molar-refractivity contribution in [2.75, 3.05) is 6.54 Å². The summed E-state index contributed by atoms with van der Waals surface area (Å²) in [5.41, 5.74) is 5.65. The number of amidine groups is 1. The third-order valence-electron chi connectivity index (χ3n) is 4.84. The molecule has 0 aromatic carbocycles. The summed E-state index contributed by atoms with van der Waals surface area (Å²) in [5, 5.41) is 11.8. The first kappa shape index (κ1) is 14.6. The second kappa shape index (κ2) is 7.73. The molecule has 3 N–H and O–H groups in total. The summed E-state index contributed by atoms with van der Waals surface area (Å²) in [4.78, 5) is 2.69. The van der Waals surface area contributed by atoms with Gasteiger partial charge < -0.3 is 10.9 Å². The van der Waals surface area contributed by atoms with E-state index in [0.717, 1.165) is 18.6 Å². The van der Waals surface area contributed by atoms with Gasteiger partial charge in [-0.3, -0.25) is 4.90 Å². The summed E-state index contributed by atoms with van der Waals surface area (Å²) < 4.78 is 0. The number of hydrogen-bond donors (Lipinski definition) is 2. The van der Waals surface area contributed by atoms with E-state index in [9.17, 15) is 0 Å². The van der Waals surface area contributed by atoms with Gasteiger partial charge in [-0.2, -0.15) is 0 Å². The molecular weight excluding hydrogens is 238 g/mol. The van der Waals surface area contributed by atoms with Gasteiger partial charge >= 0.3 is 0 Å². The van der Waals surface area contributed by atoms with Gasteiger partial charge in [-0.1, -0.05) is 43.7 Å². The molecule has 2 saturated carbocycles.